The Bertz CT molecular complexity index is 777. The molecule has 4 nitrogen and oxygen atoms in total. The number of carbonyl (C=O) groups is 1. The molecule has 0 radical (unpaired) electrons. The van der Waals surface area contributed by atoms with Crippen LogP contribution in [0.4, 0.5) is 0 Å². The van der Waals surface area contributed by atoms with Crippen LogP contribution < -0.4 is 4.74 Å². The fraction of sp³-hybridized carbons (Fsp3) is 0.0667. The second-order valence-electron chi connectivity index (χ2n) is 4.20. The molecule has 1 heterocycles. The first-order chi connectivity index (χ1) is 9.67. The summed E-state index contributed by atoms with van der Waals surface area (Å²) in [4.78, 5) is 15.4. The van der Waals surface area contributed by atoms with Gasteiger partial charge in [0, 0.05) is 17.2 Å². The number of benzene rings is 2. The second kappa shape index (κ2) is 4.98. The lowest BCUT2D eigenvalue weighted by Gasteiger charge is -1.96. The van der Waals surface area contributed by atoms with Gasteiger partial charge in [-0.3, -0.25) is 4.79 Å². The van der Waals surface area contributed by atoms with E-state index in [1.165, 1.54) is 0 Å². The van der Waals surface area contributed by atoms with Gasteiger partial charge in [0.15, 0.2) is 5.58 Å². The molecule has 0 amide bonds. The first-order valence-electron chi connectivity index (χ1n) is 5.92. The van der Waals surface area contributed by atoms with E-state index < -0.39 is 5.24 Å². The summed E-state index contributed by atoms with van der Waals surface area (Å²) in [5.74, 6) is 1.21. The molecular formula is C15H10ClNO3. The van der Waals surface area contributed by atoms with Gasteiger partial charge in [-0.15, -0.1) is 0 Å². The average Bonchev–Trinajstić information content (AvgIpc) is 2.90. The summed E-state index contributed by atoms with van der Waals surface area (Å²) in [6, 6.07) is 12.2. The Hall–Kier alpha value is -2.33. The molecule has 1 aromatic heterocycles. The molecule has 0 N–H and O–H groups in total. The maximum Gasteiger partial charge on any atom is 0.252 e. The van der Waals surface area contributed by atoms with Crippen LogP contribution in [0.2, 0.25) is 0 Å². The Morgan fingerprint density at radius 2 is 1.95 bits per heavy atom. The number of methoxy groups -OCH3 is 1. The number of aromatic nitrogens is 1. The summed E-state index contributed by atoms with van der Waals surface area (Å²) < 4.78 is 10.8. The zero-order valence-electron chi connectivity index (χ0n) is 10.6. The van der Waals surface area contributed by atoms with Gasteiger partial charge in [-0.05, 0) is 48.0 Å². The lowest BCUT2D eigenvalue weighted by Crippen LogP contribution is -1.87. The van der Waals surface area contributed by atoms with Crippen LogP contribution in [-0.2, 0) is 0 Å². The third-order valence-corrected chi connectivity index (χ3v) is 3.17. The topological polar surface area (TPSA) is 52.3 Å². The van der Waals surface area contributed by atoms with Gasteiger partial charge in [0.2, 0.25) is 5.89 Å². The molecule has 2 aromatic carbocycles. The molecule has 0 unspecified atom stereocenters. The smallest absolute Gasteiger partial charge is 0.252 e. The van der Waals surface area contributed by atoms with Gasteiger partial charge in [-0.1, -0.05) is 0 Å². The summed E-state index contributed by atoms with van der Waals surface area (Å²) in [7, 11) is 1.60. The highest BCUT2D eigenvalue weighted by Gasteiger charge is 2.10. The van der Waals surface area contributed by atoms with E-state index in [9.17, 15) is 4.79 Å². The lowest BCUT2D eigenvalue weighted by molar-refractivity contribution is 0.108. The number of fused-ring (bicyclic) bond motifs is 1. The molecule has 100 valence electrons. The largest absolute Gasteiger partial charge is 0.497 e. The summed E-state index contributed by atoms with van der Waals surface area (Å²) in [5, 5.41) is -0.487. The average molecular weight is 288 g/mol. The molecule has 0 bridgehead atoms. The summed E-state index contributed by atoms with van der Waals surface area (Å²) in [6.07, 6.45) is 0. The molecule has 0 saturated carbocycles. The summed E-state index contributed by atoms with van der Waals surface area (Å²) in [5.41, 5.74) is 2.62. The van der Waals surface area contributed by atoms with Crippen molar-refractivity contribution in [3.8, 4) is 17.2 Å². The zero-order chi connectivity index (χ0) is 14.1. The van der Waals surface area contributed by atoms with Crippen LogP contribution >= 0.6 is 11.6 Å². The third-order valence-electron chi connectivity index (χ3n) is 2.95. The summed E-state index contributed by atoms with van der Waals surface area (Å²) >= 11 is 5.41. The Morgan fingerprint density at radius 1 is 1.20 bits per heavy atom. The fourth-order valence-corrected chi connectivity index (χ4v) is 2.03. The van der Waals surface area contributed by atoms with Crippen LogP contribution in [0, 0.1) is 0 Å². The van der Waals surface area contributed by atoms with Crippen molar-refractivity contribution in [2.75, 3.05) is 7.11 Å². The minimum atomic E-state index is -0.487. The van der Waals surface area contributed by atoms with Crippen molar-refractivity contribution in [1.82, 2.24) is 4.98 Å². The molecule has 0 aliphatic carbocycles. The van der Waals surface area contributed by atoms with Crippen molar-refractivity contribution < 1.29 is 13.9 Å². The molecule has 5 heteroatoms. The number of carbonyl (C=O) groups excluding carboxylic acids is 1. The van der Waals surface area contributed by atoms with Crippen molar-refractivity contribution in [3.63, 3.8) is 0 Å². The van der Waals surface area contributed by atoms with Gasteiger partial charge in [0.1, 0.15) is 11.3 Å². The quantitative estimate of drug-likeness (QED) is 0.686. The van der Waals surface area contributed by atoms with Crippen molar-refractivity contribution in [2.24, 2.45) is 0 Å². The molecule has 0 aliphatic rings. The SMILES string of the molecule is COc1ccc2oc(-c3ccc(C(=O)Cl)cc3)nc2c1. The van der Waals surface area contributed by atoms with E-state index in [2.05, 4.69) is 4.98 Å². The summed E-state index contributed by atoms with van der Waals surface area (Å²) in [6.45, 7) is 0. The first kappa shape index (κ1) is 12.7. The minimum Gasteiger partial charge on any atom is -0.497 e. The number of hydrogen-bond acceptors (Lipinski definition) is 4. The Kier molecular flexibility index (Phi) is 3.16. The standard InChI is InChI=1S/C15H10ClNO3/c1-19-11-6-7-13-12(8-11)17-15(20-13)10-4-2-9(3-5-10)14(16)18/h2-8H,1H3. The number of hydrogen-bond donors (Lipinski definition) is 0. The molecule has 0 spiro atoms. The Morgan fingerprint density at radius 3 is 2.60 bits per heavy atom. The molecule has 3 rings (SSSR count). The third kappa shape index (κ3) is 2.26. The van der Waals surface area contributed by atoms with Crippen LogP contribution in [0.1, 0.15) is 10.4 Å². The van der Waals surface area contributed by atoms with Gasteiger partial charge in [-0.2, -0.15) is 0 Å². The van der Waals surface area contributed by atoms with Crippen molar-refractivity contribution in [1.29, 1.82) is 0 Å². The van der Waals surface area contributed by atoms with Gasteiger partial charge in [0.25, 0.3) is 5.24 Å². The van der Waals surface area contributed by atoms with E-state index in [1.807, 2.05) is 6.07 Å². The number of halogens is 1. The van der Waals surface area contributed by atoms with Crippen molar-refractivity contribution in [3.05, 3.63) is 48.0 Å². The molecule has 0 atom stereocenters. The highest BCUT2D eigenvalue weighted by atomic mass is 35.5. The van der Waals surface area contributed by atoms with Gasteiger partial charge in [0.05, 0.1) is 7.11 Å². The molecule has 3 aromatic rings. The van der Waals surface area contributed by atoms with E-state index in [0.29, 0.717) is 17.0 Å². The number of ether oxygens (including phenoxy) is 1. The van der Waals surface area contributed by atoms with E-state index in [0.717, 1.165) is 16.8 Å². The highest BCUT2D eigenvalue weighted by molar-refractivity contribution is 6.67. The Balaban J connectivity index is 2.03. The maximum atomic E-state index is 11.0. The van der Waals surface area contributed by atoms with Crippen LogP contribution in [0.3, 0.4) is 0 Å². The Labute approximate surface area is 119 Å². The maximum absolute atomic E-state index is 11.0. The lowest BCUT2D eigenvalue weighted by atomic mass is 10.1. The minimum absolute atomic E-state index is 0.438. The van der Waals surface area contributed by atoms with Crippen LogP contribution in [-0.4, -0.2) is 17.3 Å². The molecular weight excluding hydrogens is 278 g/mol. The molecule has 0 saturated heterocycles. The number of oxazole rings is 1. The van der Waals surface area contributed by atoms with Crippen LogP contribution in [0.25, 0.3) is 22.6 Å². The van der Waals surface area contributed by atoms with Gasteiger partial charge >= 0.3 is 0 Å². The molecule has 0 fully saturated rings. The highest BCUT2D eigenvalue weighted by Crippen LogP contribution is 2.27. The zero-order valence-corrected chi connectivity index (χ0v) is 11.3. The first-order valence-corrected chi connectivity index (χ1v) is 6.30. The molecule has 20 heavy (non-hydrogen) atoms. The monoisotopic (exact) mass is 287 g/mol. The van der Waals surface area contributed by atoms with Crippen molar-refractivity contribution in [2.45, 2.75) is 0 Å². The van der Waals surface area contributed by atoms with Gasteiger partial charge in [-0.25, -0.2) is 4.98 Å². The van der Waals surface area contributed by atoms with E-state index in [1.54, 1.807) is 43.5 Å². The molecule has 0 aliphatic heterocycles. The predicted octanol–water partition coefficient (Wildman–Crippen LogP) is 3.88. The number of rotatable bonds is 3. The van der Waals surface area contributed by atoms with Crippen LogP contribution in [0.15, 0.2) is 46.9 Å². The van der Waals surface area contributed by atoms with Crippen molar-refractivity contribution >= 4 is 27.9 Å². The fourth-order valence-electron chi connectivity index (χ4n) is 1.90. The van der Waals surface area contributed by atoms with E-state index in [-0.39, 0.29) is 0 Å². The number of nitrogens with zero attached hydrogens (tertiary/aromatic N) is 1. The second-order valence-corrected chi connectivity index (χ2v) is 4.55. The van der Waals surface area contributed by atoms with Gasteiger partial charge < -0.3 is 9.15 Å². The predicted molar refractivity (Wildman–Crippen MR) is 76.2 cm³/mol. The normalized spacial score (nSPS) is 10.7. The van der Waals surface area contributed by atoms with E-state index in [4.69, 9.17) is 20.8 Å². The van der Waals surface area contributed by atoms with E-state index >= 15 is 0 Å². The van der Waals surface area contributed by atoms with Crippen LogP contribution in [0.5, 0.6) is 5.75 Å².